The molecule has 0 radical (unpaired) electrons. The summed E-state index contributed by atoms with van der Waals surface area (Å²) in [5.41, 5.74) is -0.206. The van der Waals surface area contributed by atoms with E-state index in [9.17, 15) is 9.90 Å². The van der Waals surface area contributed by atoms with Gasteiger partial charge in [-0.15, -0.1) is 0 Å². The van der Waals surface area contributed by atoms with Gasteiger partial charge < -0.3 is 10.4 Å². The zero-order valence-electron chi connectivity index (χ0n) is 9.95. The molecule has 0 fully saturated rings. The van der Waals surface area contributed by atoms with Gasteiger partial charge in [-0.3, -0.25) is 4.79 Å². The molecule has 0 aromatic carbocycles. The Bertz CT molecular complexity index is 375. The number of hydrogen-bond donors (Lipinski definition) is 2. The summed E-state index contributed by atoms with van der Waals surface area (Å²) in [6.45, 7) is 5.97. The summed E-state index contributed by atoms with van der Waals surface area (Å²) in [7, 11) is 0. The minimum atomic E-state index is -0.337. The third-order valence-electron chi connectivity index (χ3n) is 2.33. The summed E-state index contributed by atoms with van der Waals surface area (Å²) >= 11 is 0. The standard InChI is InChI=1S/C12H18N2O2/c1-4-7-12(2,3)14-11(16)10-9(15)6-5-8-13-10/h5-6,8,15H,4,7H2,1-3H3,(H,14,16). The highest BCUT2D eigenvalue weighted by Gasteiger charge is 2.22. The molecule has 1 rings (SSSR count). The van der Waals surface area contributed by atoms with E-state index in [-0.39, 0.29) is 22.9 Å². The predicted molar refractivity (Wildman–Crippen MR) is 62.4 cm³/mol. The smallest absolute Gasteiger partial charge is 0.274 e. The van der Waals surface area contributed by atoms with Crippen LogP contribution in [0.15, 0.2) is 18.3 Å². The molecule has 88 valence electrons. The van der Waals surface area contributed by atoms with Crippen LogP contribution in [-0.2, 0) is 0 Å². The summed E-state index contributed by atoms with van der Waals surface area (Å²) in [5.74, 6) is -0.427. The van der Waals surface area contributed by atoms with Crippen LogP contribution in [-0.4, -0.2) is 21.5 Å². The first-order valence-electron chi connectivity index (χ1n) is 5.43. The number of hydrogen-bond acceptors (Lipinski definition) is 3. The second kappa shape index (κ2) is 4.96. The monoisotopic (exact) mass is 222 g/mol. The van der Waals surface area contributed by atoms with Gasteiger partial charge in [-0.25, -0.2) is 4.98 Å². The van der Waals surface area contributed by atoms with Crippen molar-refractivity contribution in [1.82, 2.24) is 10.3 Å². The number of amides is 1. The highest BCUT2D eigenvalue weighted by atomic mass is 16.3. The molecular weight excluding hydrogens is 204 g/mol. The Morgan fingerprint density at radius 1 is 1.56 bits per heavy atom. The Morgan fingerprint density at radius 2 is 2.25 bits per heavy atom. The van der Waals surface area contributed by atoms with Crippen LogP contribution in [0.3, 0.4) is 0 Å². The summed E-state index contributed by atoms with van der Waals surface area (Å²) in [4.78, 5) is 15.7. The molecule has 1 aromatic rings. The molecule has 0 bridgehead atoms. The second-order valence-electron chi connectivity index (χ2n) is 4.46. The Morgan fingerprint density at radius 3 is 2.81 bits per heavy atom. The number of carbonyl (C=O) groups is 1. The molecule has 1 aromatic heterocycles. The molecule has 4 heteroatoms. The molecule has 2 N–H and O–H groups in total. The summed E-state index contributed by atoms with van der Waals surface area (Å²) in [5, 5.41) is 12.3. The number of rotatable bonds is 4. The third-order valence-corrected chi connectivity index (χ3v) is 2.33. The van der Waals surface area contributed by atoms with E-state index >= 15 is 0 Å². The Balaban J connectivity index is 2.77. The average molecular weight is 222 g/mol. The molecular formula is C12H18N2O2. The topological polar surface area (TPSA) is 62.2 Å². The predicted octanol–water partition coefficient (Wildman–Crippen LogP) is 2.10. The van der Waals surface area contributed by atoms with E-state index in [0.717, 1.165) is 12.8 Å². The van der Waals surface area contributed by atoms with Crippen LogP contribution >= 0.6 is 0 Å². The van der Waals surface area contributed by atoms with Crippen molar-refractivity contribution in [1.29, 1.82) is 0 Å². The van der Waals surface area contributed by atoms with E-state index in [2.05, 4.69) is 17.2 Å². The molecule has 0 unspecified atom stereocenters. The molecule has 1 amide bonds. The first-order chi connectivity index (χ1) is 7.46. The summed E-state index contributed by atoms with van der Waals surface area (Å²) in [6, 6.07) is 3.04. The van der Waals surface area contributed by atoms with E-state index in [1.807, 2.05) is 13.8 Å². The molecule has 1 heterocycles. The fourth-order valence-corrected chi connectivity index (χ4v) is 1.63. The molecule has 0 saturated carbocycles. The maximum absolute atomic E-state index is 11.8. The Kier molecular flexibility index (Phi) is 3.88. The van der Waals surface area contributed by atoms with Crippen LogP contribution in [0.2, 0.25) is 0 Å². The molecule has 0 atom stereocenters. The fraction of sp³-hybridized carbons (Fsp3) is 0.500. The first kappa shape index (κ1) is 12.5. The van der Waals surface area contributed by atoms with Crippen molar-refractivity contribution in [2.45, 2.75) is 39.2 Å². The van der Waals surface area contributed by atoms with E-state index in [1.165, 1.54) is 12.3 Å². The van der Waals surface area contributed by atoms with Gasteiger partial charge in [-0.05, 0) is 32.4 Å². The lowest BCUT2D eigenvalue weighted by molar-refractivity contribution is 0.0901. The molecule has 0 aliphatic rings. The zero-order chi connectivity index (χ0) is 12.2. The van der Waals surface area contributed by atoms with Crippen LogP contribution in [0.1, 0.15) is 44.1 Å². The molecule has 0 spiro atoms. The van der Waals surface area contributed by atoms with Crippen molar-refractivity contribution in [3.8, 4) is 5.75 Å². The lowest BCUT2D eigenvalue weighted by atomic mass is 9.99. The van der Waals surface area contributed by atoms with Gasteiger partial charge in [0.15, 0.2) is 5.69 Å². The zero-order valence-corrected chi connectivity index (χ0v) is 9.95. The van der Waals surface area contributed by atoms with Crippen LogP contribution in [0.4, 0.5) is 0 Å². The maximum Gasteiger partial charge on any atom is 0.274 e. The fourth-order valence-electron chi connectivity index (χ4n) is 1.63. The van der Waals surface area contributed by atoms with Gasteiger partial charge in [0.05, 0.1) is 0 Å². The van der Waals surface area contributed by atoms with E-state index in [0.29, 0.717) is 0 Å². The van der Waals surface area contributed by atoms with Gasteiger partial charge >= 0.3 is 0 Å². The lowest BCUT2D eigenvalue weighted by Crippen LogP contribution is -2.43. The maximum atomic E-state index is 11.8. The van der Waals surface area contributed by atoms with E-state index in [4.69, 9.17) is 0 Å². The van der Waals surface area contributed by atoms with Gasteiger partial charge in [-0.1, -0.05) is 13.3 Å². The molecule has 0 saturated heterocycles. The van der Waals surface area contributed by atoms with Crippen molar-refractivity contribution in [2.24, 2.45) is 0 Å². The van der Waals surface area contributed by atoms with Gasteiger partial charge in [0.25, 0.3) is 5.91 Å². The van der Waals surface area contributed by atoms with Crippen molar-refractivity contribution in [2.75, 3.05) is 0 Å². The van der Waals surface area contributed by atoms with Gasteiger partial charge in [-0.2, -0.15) is 0 Å². The van der Waals surface area contributed by atoms with E-state index in [1.54, 1.807) is 6.07 Å². The minimum Gasteiger partial charge on any atom is -0.505 e. The van der Waals surface area contributed by atoms with Crippen molar-refractivity contribution >= 4 is 5.91 Å². The minimum absolute atomic E-state index is 0.0756. The molecule has 16 heavy (non-hydrogen) atoms. The number of aromatic hydroxyl groups is 1. The number of nitrogens with one attached hydrogen (secondary N) is 1. The second-order valence-corrected chi connectivity index (χ2v) is 4.46. The summed E-state index contributed by atoms with van der Waals surface area (Å²) in [6.07, 6.45) is 3.36. The van der Waals surface area contributed by atoms with E-state index < -0.39 is 0 Å². The number of carbonyl (C=O) groups excluding carboxylic acids is 1. The van der Waals surface area contributed by atoms with Gasteiger partial charge in [0, 0.05) is 11.7 Å². The quantitative estimate of drug-likeness (QED) is 0.820. The first-order valence-corrected chi connectivity index (χ1v) is 5.43. The number of aromatic nitrogens is 1. The van der Waals surface area contributed by atoms with Gasteiger partial charge in [0.1, 0.15) is 5.75 Å². The number of pyridine rings is 1. The van der Waals surface area contributed by atoms with Crippen LogP contribution < -0.4 is 5.32 Å². The SMILES string of the molecule is CCCC(C)(C)NC(=O)c1ncccc1O. The third kappa shape index (κ3) is 3.22. The van der Waals surface area contributed by atoms with Crippen molar-refractivity contribution in [3.05, 3.63) is 24.0 Å². The molecule has 0 aliphatic heterocycles. The van der Waals surface area contributed by atoms with Crippen LogP contribution in [0, 0.1) is 0 Å². The highest BCUT2D eigenvalue weighted by molar-refractivity contribution is 5.95. The van der Waals surface area contributed by atoms with Crippen molar-refractivity contribution in [3.63, 3.8) is 0 Å². The molecule has 4 nitrogen and oxygen atoms in total. The Hall–Kier alpha value is -1.58. The largest absolute Gasteiger partial charge is 0.505 e. The van der Waals surface area contributed by atoms with Gasteiger partial charge in [0.2, 0.25) is 0 Å². The lowest BCUT2D eigenvalue weighted by Gasteiger charge is -2.25. The average Bonchev–Trinajstić information content (AvgIpc) is 2.17. The normalized spacial score (nSPS) is 11.2. The summed E-state index contributed by atoms with van der Waals surface area (Å²) < 4.78 is 0. The number of nitrogens with zero attached hydrogens (tertiary/aromatic N) is 1. The van der Waals surface area contributed by atoms with Crippen molar-refractivity contribution < 1.29 is 9.90 Å². The molecule has 0 aliphatic carbocycles. The Labute approximate surface area is 95.7 Å². The highest BCUT2D eigenvalue weighted by Crippen LogP contribution is 2.16. The van der Waals surface area contributed by atoms with Crippen LogP contribution in [0.25, 0.3) is 0 Å². The van der Waals surface area contributed by atoms with Crippen LogP contribution in [0.5, 0.6) is 5.75 Å².